The molecule has 28 heavy (non-hydrogen) atoms. The van der Waals surface area contributed by atoms with Crippen LogP contribution in [-0.4, -0.2) is 38.5 Å². The van der Waals surface area contributed by atoms with E-state index in [1.54, 1.807) is 18.2 Å². The number of unbranched alkanes of at least 4 members (excludes halogenated alkanes) is 2. The fourth-order valence-electron chi connectivity index (χ4n) is 3.83. The average Bonchev–Trinajstić information content (AvgIpc) is 2.93. The summed E-state index contributed by atoms with van der Waals surface area (Å²) < 4.78 is 67.7. The van der Waals surface area contributed by atoms with Crippen LogP contribution in [0, 0.1) is 11.3 Å². The molecular formula is C19H23F3O5S. The van der Waals surface area contributed by atoms with E-state index in [2.05, 4.69) is 0 Å². The van der Waals surface area contributed by atoms with E-state index in [4.69, 9.17) is 4.74 Å². The van der Waals surface area contributed by atoms with Gasteiger partial charge in [-0.3, -0.25) is 9.59 Å². The van der Waals surface area contributed by atoms with Crippen LogP contribution in [0.3, 0.4) is 0 Å². The first-order valence-electron chi connectivity index (χ1n) is 9.01. The number of ether oxygens (including phenoxy) is 1. The molecule has 0 aliphatic heterocycles. The molecule has 9 heteroatoms. The quantitative estimate of drug-likeness (QED) is 0.364. The van der Waals surface area contributed by atoms with Crippen molar-refractivity contribution in [3.8, 4) is 0 Å². The highest BCUT2D eigenvalue weighted by Crippen LogP contribution is 2.47. The number of carbonyl (C=O) groups excluding carboxylic acids is 2. The molecule has 0 amide bonds. The number of fused-ring (bicyclic) bond motifs is 1. The summed E-state index contributed by atoms with van der Waals surface area (Å²) in [5, 5.41) is 0. The van der Waals surface area contributed by atoms with Crippen molar-refractivity contribution in [3.05, 3.63) is 35.4 Å². The van der Waals surface area contributed by atoms with Crippen LogP contribution < -0.4 is 0 Å². The Bertz CT molecular complexity index is 847. The lowest BCUT2D eigenvalue weighted by Gasteiger charge is -2.33. The molecule has 0 heterocycles. The van der Waals surface area contributed by atoms with Gasteiger partial charge in [0, 0.05) is 5.56 Å². The average molecular weight is 420 g/mol. The zero-order valence-electron chi connectivity index (χ0n) is 15.7. The van der Waals surface area contributed by atoms with Crippen molar-refractivity contribution in [1.82, 2.24) is 0 Å². The first-order chi connectivity index (χ1) is 13.0. The van der Waals surface area contributed by atoms with Gasteiger partial charge in [-0.1, -0.05) is 50.5 Å². The maximum Gasteiger partial charge on any atom is 0.497 e. The molecule has 2 atom stereocenters. The van der Waals surface area contributed by atoms with Crippen molar-refractivity contribution >= 4 is 21.6 Å². The summed E-state index contributed by atoms with van der Waals surface area (Å²) in [4.78, 5) is 25.9. The van der Waals surface area contributed by atoms with Gasteiger partial charge in [-0.2, -0.15) is 13.2 Å². The number of methoxy groups -OCH3 is 1. The number of halogens is 3. The van der Waals surface area contributed by atoms with Crippen molar-refractivity contribution < 1.29 is 35.9 Å². The molecule has 2 rings (SSSR count). The Labute approximate surface area is 162 Å². The van der Waals surface area contributed by atoms with E-state index in [9.17, 15) is 31.2 Å². The third-order valence-corrected chi connectivity index (χ3v) is 6.86. The molecule has 0 saturated heterocycles. The van der Waals surface area contributed by atoms with Gasteiger partial charge in [0.1, 0.15) is 5.41 Å². The molecular weight excluding hydrogens is 397 g/mol. The van der Waals surface area contributed by atoms with E-state index in [-0.39, 0.29) is 18.4 Å². The molecule has 0 radical (unpaired) electrons. The number of carbonyl (C=O) groups is 2. The van der Waals surface area contributed by atoms with Crippen molar-refractivity contribution in [2.24, 2.45) is 11.3 Å². The molecule has 1 aliphatic rings. The number of rotatable bonds is 8. The number of Topliss-reactive ketones (excluding diaryl/α,β-unsaturated/α-hetero) is 1. The van der Waals surface area contributed by atoms with Crippen LogP contribution in [0.5, 0.6) is 0 Å². The highest BCUT2D eigenvalue weighted by atomic mass is 32.2. The molecule has 0 bridgehead atoms. The van der Waals surface area contributed by atoms with Gasteiger partial charge in [-0.05, 0) is 24.3 Å². The van der Waals surface area contributed by atoms with E-state index < -0.39 is 44.2 Å². The first kappa shape index (κ1) is 22.4. The molecule has 1 aromatic rings. The van der Waals surface area contributed by atoms with E-state index in [0.29, 0.717) is 18.4 Å². The Hall–Kier alpha value is -1.90. The van der Waals surface area contributed by atoms with Crippen LogP contribution in [0.15, 0.2) is 24.3 Å². The molecule has 0 fully saturated rings. The molecule has 0 spiro atoms. The van der Waals surface area contributed by atoms with Crippen LogP contribution in [-0.2, 0) is 25.8 Å². The zero-order chi connectivity index (χ0) is 21.2. The minimum atomic E-state index is -5.52. The fraction of sp³-hybridized carbons (Fsp3) is 0.579. The first-order valence-corrected chi connectivity index (χ1v) is 10.7. The van der Waals surface area contributed by atoms with Gasteiger partial charge >= 0.3 is 11.5 Å². The van der Waals surface area contributed by atoms with E-state index in [0.717, 1.165) is 13.5 Å². The van der Waals surface area contributed by atoms with Gasteiger partial charge in [-0.15, -0.1) is 0 Å². The standard InChI is InChI=1S/C19H23F3O5S/c1-3-4-5-9-14(12-28(25,26)19(20,21)22)18(17(24)27-2)11-13-8-6-7-10-15(13)16(18)23/h6-8,10,14H,3-5,9,11-12H2,1-2H3. The van der Waals surface area contributed by atoms with Crippen molar-refractivity contribution in [1.29, 1.82) is 0 Å². The predicted molar refractivity (Wildman–Crippen MR) is 96.4 cm³/mol. The topological polar surface area (TPSA) is 77.5 Å². The third kappa shape index (κ3) is 3.94. The molecule has 1 aromatic carbocycles. The van der Waals surface area contributed by atoms with Crippen LogP contribution in [0.25, 0.3) is 0 Å². The van der Waals surface area contributed by atoms with Gasteiger partial charge in [0.05, 0.1) is 12.9 Å². The fourth-order valence-corrected chi connectivity index (χ4v) is 5.00. The van der Waals surface area contributed by atoms with Gasteiger partial charge in [-0.25, -0.2) is 8.42 Å². The Morgan fingerprint density at radius 3 is 2.43 bits per heavy atom. The van der Waals surface area contributed by atoms with Crippen molar-refractivity contribution in [2.75, 3.05) is 12.9 Å². The smallest absolute Gasteiger partial charge is 0.468 e. The Morgan fingerprint density at radius 1 is 1.25 bits per heavy atom. The molecule has 0 N–H and O–H groups in total. The second-order valence-electron chi connectivity index (χ2n) is 7.05. The Kier molecular flexibility index (Phi) is 6.58. The maximum absolute atomic E-state index is 13.2. The molecule has 0 aromatic heterocycles. The summed E-state index contributed by atoms with van der Waals surface area (Å²) in [6.45, 7) is 1.88. The van der Waals surface area contributed by atoms with Crippen molar-refractivity contribution in [3.63, 3.8) is 0 Å². The third-order valence-electron chi connectivity index (χ3n) is 5.31. The largest absolute Gasteiger partial charge is 0.497 e. The number of alkyl halides is 3. The van der Waals surface area contributed by atoms with Gasteiger partial charge < -0.3 is 4.74 Å². The lowest BCUT2D eigenvalue weighted by molar-refractivity contribution is -0.152. The van der Waals surface area contributed by atoms with Crippen LogP contribution in [0.2, 0.25) is 0 Å². The van der Waals surface area contributed by atoms with Crippen molar-refractivity contribution in [2.45, 2.75) is 44.5 Å². The monoisotopic (exact) mass is 420 g/mol. The highest BCUT2D eigenvalue weighted by Gasteiger charge is 2.59. The van der Waals surface area contributed by atoms with Crippen LogP contribution in [0.1, 0.15) is 48.5 Å². The summed E-state index contributed by atoms with van der Waals surface area (Å²) in [5.74, 6) is -4.32. The van der Waals surface area contributed by atoms with Gasteiger partial charge in [0.2, 0.25) is 9.84 Å². The molecule has 0 saturated carbocycles. The van der Waals surface area contributed by atoms with Crippen LogP contribution >= 0.6 is 0 Å². The minimum absolute atomic E-state index is 0.00201. The number of esters is 1. The lowest BCUT2D eigenvalue weighted by atomic mass is 9.70. The number of hydrogen-bond donors (Lipinski definition) is 0. The molecule has 1 aliphatic carbocycles. The van der Waals surface area contributed by atoms with E-state index in [1.807, 2.05) is 6.92 Å². The Morgan fingerprint density at radius 2 is 1.89 bits per heavy atom. The summed E-state index contributed by atoms with van der Waals surface area (Å²) >= 11 is 0. The molecule has 156 valence electrons. The summed E-state index contributed by atoms with van der Waals surface area (Å²) in [7, 11) is -4.48. The molecule has 2 unspecified atom stereocenters. The minimum Gasteiger partial charge on any atom is -0.468 e. The summed E-state index contributed by atoms with van der Waals surface area (Å²) in [6, 6.07) is 6.34. The highest BCUT2D eigenvalue weighted by molar-refractivity contribution is 7.92. The lowest BCUT2D eigenvalue weighted by Crippen LogP contribution is -2.48. The van der Waals surface area contributed by atoms with Gasteiger partial charge in [0.15, 0.2) is 5.78 Å². The predicted octanol–water partition coefficient (Wildman–Crippen LogP) is 3.72. The molecule has 5 nitrogen and oxygen atoms in total. The SMILES string of the molecule is CCCCCC(CS(=O)(=O)C(F)(F)F)C1(C(=O)OC)Cc2ccccc2C1=O. The number of hydrogen-bond acceptors (Lipinski definition) is 5. The second-order valence-corrected chi connectivity index (χ2v) is 9.07. The number of ketones is 1. The zero-order valence-corrected chi connectivity index (χ0v) is 16.5. The van der Waals surface area contributed by atoms with Gasteiger partial charge in [0.25, 0.3) is 0 Å². The van der Waals surface area contributed by atoms with Crippen LogP contribution in [0.4, 0.5) is 13.2 Å². The summed E-state index contributed by atoms with van der Waals surface area (Å²) in [5.41, 5.74) is -6.70. The van der Waals surface area contributed by atoms with E-state index in [1.165, 1.54) is 6.07 Å². The van der Waals surface area contributed by atoms with E-state index >= 15 is 0 Å². The second kappa shape index (κ2) is 8.23. The normalized spacial score (nSPS) is 20.7. The number of benzene rings is 1. The Balaban J connectivity index is 2.55. The number of sulfone groups is 1. The summed E-state index contributed by atoms with van der Waals surface area (Å²) in [6.07, 6.45) is 1.62. The maximum atomic E-state index is 13.2.